The summed E-state index contributed by atoms with van der Waals surface area (Å²) in [5.74, 6) is 1.71. The predicted molar refractivity (Wildman–Crippen MR) is 177 cm³/mol. The van der Waals surface area contributed by atoms with Gasteiger partial charge in [0.1, 0.15) is 5.75 Å². The molecule has 0 unspecified atom stereocenters. The molecule has 2 aliphatic rings. The molecule has 4 bridgehead atoms. The molecule has 2 aliphatic heterocycles. The number of ether oxygens (including phenoxy) is 4. The first-order valence-corrected chi connectivity index (χ1v) is 16.4. The van der Waals surface area contributed by atoms with Crippen molar-refractivity contribution in [1.82, 2.24) is 20.1 Å². The summed E-state index contributed by atoms with van der Waals surface area (Å²) in [6, 6.07) is 18.9. The van der Waals surface area contributed by atoms with Crippen LogP contribution in [0.4, 0.5) is 0 Å². The normalized spacial score (nSPS) is 19.3. The van der Waals surface area contributed by atoms with Crippen LogP contribution in [0.3, 0.4) is 0 Å². The largest absolute Gasteiger partial charge is 0.493 e. The number of carbonyl (C=O) groups is 2. The summed E-state index contributed by atoms with van der Waals surface area (Å²) in [4.78, 5) is 35.8. The average molecular weight is 645 g/mol. The van der Waals surface area contributed by atoms with Gasteiger partial charge in [-0.3, -0.25) is 14.5 Å². The zero-order valence-corrected chi connectivity index (χ0v) is 27.3. The third-order valence-electron chi connectivity index (χ3n) is 8.34. The Kier molecular flexibility index (Phi) is 10.1. The predicted octanol–water partition coefficient (Wildman–Crippen LogP) is 5.17. The fraction of sp³-hybridized carbons (Fsp3) is 0.400. The van der Waals surface area contributed by atoms with Crippen molar-refractivity contribution in [2.45, 2.75) is 45.1 Å². The summed E-state index contributed by atoms with van der Waals surface area (Å²) in [6.45, 7) is 5.14. The Morgan fingerprint density at radius 1 is 1.09 bits per heavy atom. The number of rotatable bonds is 6. The van der Waals surface area contributed by atoms with Crippen molar-refractivity contribution in [1.29, 1.82) is 0 Å². The van der Waals surface area contributed by atoms with Crippen LogP contribution < -0.4 is 14.8 Å². The second-order valence-corrected chi connectivity index (χ2v) is 13.0. The molecule has 2 atom stereocenters. The van der Waals surface area contributed by atoms with Crippen LogP contribution in [0.2, 0.25) is 0 Å². The molecule has 1 fully saturated rings. The van der Waals surface area contributed by atoms with Gasteiger partial charge in [0.2, 0.25) is 5.91 Å². The molecular weight excluding hydrogens is 604 g/mol. The van der Waals surface area contributed by atoms with Crippen molar-refractivity contribution < 1.29 is 28.5 Å². The third-order valence-corrected chi connectivity index (χ3v) is 9.29. The number of methoxy groups -OCH3 is 2. The van der Waals surface area contributed by atoms with Gasteiger partial charge in [0, 0.05) is 45.5 Å². The van der Waals surface area contributed by atoms with E-state index in [9.17, 15) is 9.59 Å². The van der Waals surface area contributed by atoms with Crippen molar-refractivity contribution in [2.24, 2.45) is 0 Å². The number of carbonyl (C=O) groups excluding carboxylic acids is 2. The second-order valence-electron chi connectivity index (χ2n) is 11.8. The highest BCUT2D eigenvalue weighted by Gasteiger charge is 2.34. The topological polar surface area (TPSA) is 102 Å². The lowest BCUT2D eigenvalue weighted by Crippen LogP contribution is -2.58. The minimum atomic E-state index is -0.379. The lowest BCUT2D eigenvalue weighted by molar-refractivity contribution is -0.125. The van der Waals surface area contributed by atoms with Gasteiger partial charge in [0.05, 0.1) is 47.6 Å². The summed E-state index contributed by atoms with van der Waals surface area (Å²) >= 11 is 1.61. The van der Waals surface area contributed by atoms with Crippen LogP contribution in [0.1, 0.15) is 39.3 Å². The molecule has 0 radical (unpaired) electrons. The average Bonchev–Trinajstić information content (AvgIpc) is 3.43. The molecule has 242 valence electrons. The van der Waals surface area contributed by atoms with Crippen molar-refractivity contribution in [2.75, 3.05) is 47.0 Å². The molecule has 10 nitrogen and oxygen atoms in total. The van der Waals surface area contributed by atoms with E-state index in [1.54, 1.807) is 25.6 Å². The summed E-state index contributed by atoms with van der Waals surface area (Å²) in [7, 11) is 3.30. The third kappa shape index (κ3) is 7.67. The van der Waals surface area contributed by atoms with Crippen LogP contribution in [0.25, 0.3) is 10.2 Å². The van der Waals surface area contributed by atoms with Gasteiger partial charge in [-0.1, -0.05) is 18.2 Å². The second kappa shape index (κ2) is 14.6. The minimum absolute atomic E-state index is 0.0752. The van der Waals surface area contributed by atoms with Crippen LogP contribution >= 0.6 is 11.3 Å². The van der Waals surface area contributed by atoms with Gasteiger partial charge in [-0.2, -0.15) is 0 Å². The van der Waals surface area contributed by atoms with E-state index in [0.29, 0.717) is 68.6 Å². The highest BCUT2D eigenvalue weighted by atomic mass is 32.1. The lowest BCUT2D eigenvalue weighted by atomic mass is 10.00. The van der Waals surface area contributed by atoms with Gasteiger partial charge in [0.25, 0.3) is 5.91 Å². The maximum Gasteiger partial charge on any atom is 0.254 e. The summed E-state index contributed by atoms with van der Waals surface area (Å²) < 4.78 is 24.7. The molecule has 1 N–H and O–H groups in total. The van der Waals surface area contributed by atoms with E-state index in [2.05, 4.69) is 15.2 Å². The smallest absolute Gasteiger partial charge is 0.254 e. The first-order valence-electron chi connectivity index (χ1n) is 15.6. The summed E-state index contributed by atoms with van der Waals surface area (Å²) in [6.07, 6.45) is 1.09. The monoisotopic (exact) mass is 644 g/mol. The Morgan fingerprint density at radius 2 is 1.98 bits per heavy atom. The fourth-order valence-corrected chi connectivity index (χ4v) is 6.91. The van der Waals surface area contributed by atoms with Crippen LogP contribution in [-0.2, 0) is 27.4 Å². The molecular formula is C35H40N4O6S. The lowest BCUT2D eigenvalue weighted by Gasteiger charge is -2.39. The molecule has 1 aromatic heterocycles. The quantitative estimate of drug-likeness (QED) is 0.287. The standard InChI is InChI=1S/C35H40N4O6S/c1-23-36-28-18-26(9-11-33(28)46-23)35(41)39-14-12-30-29(20-39)37-34(40)21-38(13-5-15-42-2)19-24-8-10-31(43-3)32(17-24)45-27-7-4-6-25(16-27)22-44-30/h4,6-11,16-18,29-30H,5,12-15,19-22H2,1-3H3,(H,37,40)/t29-,30+/m0/s1. The Balaban J connectivity index is 1.26. The SMILES string of the molecule is COCCCN1CC(=O)N[C@H]2CN(C(=O)c3ccc4sc(C)nc4c3)CC[C@H]2OCc2cccc(c2)Oc2cc(ccc2OC)C1. The maximum atomic E-state index is 13.7. The van der Waals surface area contributed by atoms with E-state index in [0.717, 1.165) is 32.8 Å². The van der Waals surface area contributed by atoms with Crippen molar-refractivity contribution >= 4 is 33.4 Å². The Morgan fingerprint density at radius 3 is 2.83 bits per heavy atom. The van der Waals surface area contributed by atoms with Gasteiger partial charge >= 0.3 is 0 Å². The zero-order chi connectivity index (χ0) is 32.0. The van der Waals surface area contributed by atoms with Crippen molar-refractivity contribution in [3.8, 4) is 17.2 Å². The molecule has 46 heavy (non-hydrogen) atoms. The fourth-order valence-electron chi connectivity index (χ4n) is 6.10. The number of piperidine rings is 1. The number of nitrogens with zero attached hydrogens (tertiary/aromatic N) is 3. The number of nitrogens with one attached hydrogen (secondary N) is 1. The number of hydrogen-bond acceptors (Lipinski definition) is 9. The number of hydrogen-bond donors (Lipinski definition) is 1. The zero-order valence-electron chi connectivity index (χ0n) is 26.5. The molecule has 1 saturated heterocycles. The first kappa shape index (κ1) is 31.9. The molecule has 0 saturated carbocycles. The number of benzene rings is 3. The van der Waals surface area contributed by atoms with E-state index in [1.165, 1.54) is 0 Å². The van der Waals surface area contributed by atoms with Gasteiger partial charge in [-0.15, -0.1) is 11.3 Å². The van der Waals surface area contributed by atoms with E-state index in [-0.39, 0.29) is 30.5 Å². The Bertz CT molecular complexity index is 1690. The highest BCUT2D eigenvalue weighted by molar-refractivity contribution is 7.18. The number of thiazole rings is 1. The number of aromatic nitrogens is 1. The van der Waals surface area contributed by atoms with Gasteiger partial charge < -0.3 is 29.2 Å². The molecule has 0 spiro atoms. The van der Waals surface area contributed by atoms with Crippen LogP contribution in [0.15, 0.2) is 60.7 Å². The van der Waals surface area contributed by atoms with Crippen LogP contribution in [0, 0.1) is 6.92 Å². The van der Waals surface area contributed by atoms with E-state index >= 15 is 0 Å². The molecule has 3 heterocycles. The first-order chi connectivity index (χ1) is 22.4. The Hall–Kier alpha value is -4.03. The number of likely N-dealkylation sites (tertiary alicyclic amines) is 1. The van der Waals surface area contributed by atoms with Crippen molar-refractivity contribution in [3.63, 3.8) is 0 Å². The molecule has 11 heteroatoms. The summed E-state index contributed by atoms with van der Waals surface area (Å²) in [5, 5.41) is 4.20. The van der Waals surface area contributed by atoms with E-state index < -0.39 is 0 Å². The van der Waals surface area contributed by atoms with E-state index in [1.807, 2.05) is 72.5 Å². The molecule has 2 amide bonds. The minimum Gasteiger partial charge on any atom is -0.493 e. The van der Waals surface area contributed by atoms with E-state index in [4.69, 9.17) is 18.9 Å². The van der Waals surface area contributed by atoms with Crippen LogP contribution in [-0.4, -0.2) is 85.7 Å². The molecule has 0 aliphatic carbocycles. The van der Waals surface area contributed by atoms with Gasteiger partial charge in [-0.25, -0.2) is 4.98 Å². The molecule has 6 rings (SSSR count). The highest BCUT2D eigenvalue weighted by Crippen LogP contribution is 2.33. The number of fused-ring (bicyclic) bond motifs is 6. The van der Waals surface area contributed by atoms with Crippen LogP contribution in [0.5, 0.6) is 17.2 Å². The van der Waals surface area contributed by atoms with Gasteiger partial charge in [0.15, 0.2) is 11.5 Å². The van der Waals surface area contributed by atoms with Gasteiger partial charge in [-0.05, 0) is 73.4 Å². The maximum absolute atomic E-state index is 13.7. The molecule has 3 aromatic carbocycles. The van der Waals surface area contributed by atoms with Crippen molar-refractivity contribution in [3.05, 3.63) is 82.4 Å². The molecule has 4 aromatic rings. The number of aryl methyl sites for hydroxylation is 1. The number of amides is 2. The summed E-state index contributed by atoms with van der Waals surface area (Å²) in [5.41, 5.74) is 3.36. The Labute approximate surface area is 273 Å².